The molecule has 1 amide bonds. The highest BCUT2D eigenvalue weighted by Crippen LogP contribution is 2.22. The summed E-state index contributed by atoms with van der Waals surface area (Å²) in [5, 5.41) is 8.97. The zero-order chi connectivity index (χ0) is 13.2. The maximum Gasteiger partial charge on any atom is 0.411 e. The van der Waals surface area contributed by atoms with Gasteiger partial charge in [0, 0.05) is 0 Å². The maximum atomic E-state index is 13.2. The number of carboxylic acid groups (broad SMARTS) is 1. The number of alkyl halides is 1. The Labute approximate surface area is 99.5 Å². The number of likely N-dealkylation sites (tertiary alicyclic amines) is 1. The van der Waals surface area contributed by atoms with Crippen LogP contribution in [-0.2, 0) is 9.53 Å². The van der Waals surface area contributed by atoms with E-state index in [1.807, 2.05) is 0 Å². The van der Waals surface area contributed by atoms with Crippen LogP contribution < -0.4 is 0 Å². The van der Waals surface area contributed by atoms with E-state index in [1.165, 1.54) is 0 Å². The first-order chi connectivity index (χ1) is 7.70. The Hall–Kier alpha value is -1.33. The molecule has 0 radical (unpaired) electrons. The van der Waals surface area contributed by atoms with Gasteiger partial charge in [0.25, 0.3) is 0 Å². The fourth-order valence-electron chi connectivity index (χ4n) is 1.71. The second-order valence-corrected chi connectivity index (χ2v) is 5.16. The van der Waals surface area contributed by atoms with Crippen molar-refractivity contribution in [3.8, 4) is 0 Å². The summed E-state index contributed by atoms with van der Waals surface area (Å²) in [6, 6.07) is -0.989. The minimum absolute atomic E-state index is 0.121. The summed E-state index contributed by atoms with van der Waals surface area (Å²) >= 11 is 0. The average molecular weight is 247 g/mol. The molecule has 0 aromatic heterocycles. The van der Waals surface area contributed by atoms with Gasteiger partial charge in [0.15, 0.2) is 0 Å². The molecule has 0 bridgehead atoms. The molecule has 0 spiro atoms. The molecule has 1 aliphatic rings. The van der Waals surface area contributed by atoms with Gasteiger partial charge < -0.3 is 9.84 Å². The number of carbonyl (C=O) groups excluding carboxylic acids is 1. The average Bonchev–Trinajstić information content (AvgIpc) is 2.14. The predicted octanol–water partition coefficient (Wildman–Crippen LogP) is 1.81. The van der Waals surface area contributed by atoms with Crippen molar-refractivity contribution >= 4 is 12.1 Å². The summed E-state index contributed by atoms with van der Waals surface area (Å²) in [5.41, 5.74) is -0.719. The van der Waals surface area contributed by atoms with Gasteiger partial charge in [-0.3, -0.25) is 4.90 Å². The number of hydrogen-bond acceptors (Lipinski definition) is 3. The molecule has 1 aliphatic heterocycles. The molecule has 1 saturated heterocycles. The molecule has 98 valence electrons. The SMILES string of the molecule is CC(C)(C)OC(=O)N1C[C@H](F)CC[C@H]1C(=O)O. The molecule has 0 saturated carbocycles. The van der Waals surface area contributed by atoms with Crippen LogP contribution in [-0.4, -0.2) is 46.4 Å². The van der Waals surface area contributed by atoms with Crippen LogP contribution >= 0.6 is 0 Å². The molecule has 6 heteroatoms. The third-order valence-electron chi connectivity index (χ3n) is 2.44. The molecule has 1 heterocycles. The van der Waals surface area contributed by atoms with Gasteiger partial charge in [0.1, 0.15) is 17.8 Å². The summed E-state index contributed by atoms with van der Waals surface area (Å²) in [7, 11) is 0. The van der Waals surface area contributed by atoms with Gasteiger partial charge in [-0.2, -0.15) is 0 Å². The molecule has 0 aromatic rings. The van der Waals surface area contributed by atoms with E-state index in [2.05, 4.69) is 0 Å². The number of nitrogens with zero attached hydrogens (tertiary/aromatic N) is 1. The summed E-state index contributed by atoms with van der Waals surface area (Å²) < 4.78 is 18.3. The second-order valence-electron chi connectivity index (χ2n) is 5.16. The molecular formula is C11H18FNO4. The van der Waals surface area contributed by atoms with Crippen LogP contribution in [0.4, 0.5) is 9.18 Å². The lowest BCUT2D eigenvalue weighted by atomic mass is 10.0. The maximum absolute atomic E-state index is 13.2. The monoisotopic (exact) mass is 247 g/mol. The number of halogens is 1. The van der Waals surface area contributed by atoms with Crippen LogP contribution in [0.15, 0.2) is 0 Å². The van der Waals surface area contributed by atoms with Crippen LogP contribution in [0.3, 0.4) is 0 Å². The summed E-state index contributed by atoms with van der Waals surface area (Å²) in [5.74, 6) is -1.12. The zero-order valence-corrected chi connectivity index (χ0v) is 10.3. The van der Waals surface area contributed by atoms with Crippen molar-refractivity contribution in [2.24, 2.45) is 0 Å². The lowest BCUT2D eigenvalue weighted by Gasteiger charge is -2.35. The van der Waals surface area contributed by atoms with Crippen LogP contribution in [0.2, 0.25) is 0 Å². The standard InChI is InChI=1S/C11H18FNO4/c1-11(2,3)17-10(16)13-6-7(12)4-5-8(13)9(14)15/h7-8H,4-6H2,1-3H3,(H,14,15)/t7-,8+/m1/s1. The Bertz CT molecular complexity index is 313. The van der Waals surface area contributed by atoms with Crippen molar-refractivity contribution < 1.29 is 23.8 Å². The fraction of sp³-hybridized carbons (Fsp3) is 0.818. The number of amides is 1. The largest absolute Gasteiger partial charge is 0.480 e. The third kappa shape index (κ3) is 3.87. The minimum atomic E-state index is -1.18. The Morgan fingerprint density at radius 1 is 1.35 bits per heavy atom. The van der Waals surface area contributed by atoms with Gasteiger partial charge in [-0.05, 0) is 33.6 Å². The van der Waals surface area contributed by atoms with Crippen molar-refractivity contribution in [1.82, 2.24) is 4.90 Å². The first-order valence-corrected chi connectivity index (χ1v) is 5.57. The smallest absolute Gasteiger partial charge is 0.411 e. The van der Waals surface area contributed by atoms with E-state index < -0.39 is 29.9 Å². The highest BCUT2D eigenvalue weighted by molar-refractivity contribution is 5.80. The number of carboxylic acids is 1. The molecule has 0 unspecified atom stereocenters. The summed E-state index contributed by atoms with van der Waals surface area (Å²) in [6.45, 7) is 4.82. The molecule has 0 aromatic carbocycles. The quantitative estimate of drug-likeness (QED) is 0.767. The van der Waals surface area contributed by atoms with E-state index in [0.717, 1.165) is 4.90 Å². The summed E-state index contributed by atoms with van der Waals surface area (Å²) in [4.78, 5) is 23.7. The Morgan fingerprint density at radius 3 is 2.41 bits per heavy atom. The van der Waals surface area contributed by atoms with Crippen LogP contribution in [0.1, 0.15) is 33.6 Å². The fourth-order valence-corrected chi connectivity index (χ4v) is 1.71. The van der Waals surface area contributed by atoms with Crippen molar-refractivity contribution in [2.45, 2.75) is 51.4 Å². The van der Waals surface area contributed by atoms with Crippen molar-refractivity contribution in [3.63, 3.8) is 0 Å². The van der Waals surface area contributed by atoms with E-state index in [1.54, 1.807) is 20.8 Å². The van der Waals surface area contributed by atoms with Gasteiger partial charge in [-0.1, -0.05) is 0 Å². The van der Waals surface area contributed by atoms with Gasteiger partial charge in [-0.15, -0.1) is 0 Å². The third-order valence-corrected chi connectivity index (χ3v) is 2.44. The topological polar surface area (TPSA) is 66.8 Å². The van der Waals surface area contributed by atoms with E-state index in [-0.39, 0.29) is 19.4 Å². The number of rotatable bonds is 1. The zero-order valence-electron chi connectivity index (χ0n) is 10.3. The lowest BCUT2D eigenvalue weighted by molar-refractivity contribution is -0.145. The predicted molar refractivity (Wildman–Crippen MR) is 58.5 cm³/mol. The Morgan fingerprint density at radius 2 is 1.94 bits per heavy atom. The molecule has 17 heavy (non-hydrogen) atoms. The van der Waals surface area contributed by atoms with E-state index in [9.17, 15) is 14.0 Å². The van der Waals surface area contributed by atoms with E-state index in [0.29, 0.717) is 0 Å². The van der Waals surface area contributed by atoms with E-state index >= 15 is 0 Å². The second kappa shape index (κ2) is 4.89. The highest BCUT2D eigenvalue weighted by Gasteiger charge is 2.38. The molecule has 5 nitrogen and oxygen atoms in total. The van der Waals surface area contributed by atoms with Gasteiger partial charge >= 0.3 is 12.1 Å². The van der Waals surface area contributed by atoms with Crippen molar-refractivity contribution in [3.05, 3.63) is 0 Å². The molecule has 0 aliphatic carbocycles. The van der Waals surface area contributed by atoms with Crippen LogP contribution in [0.5, 0.6) is 0 Å². The van der Waals surface area contributed by atoms with Gasteiger partial charge in [0.2, 0.25) is 0 Å². The summed E-state index contributed by atoms with van der Waals surface area (Å²) in [6.07, 6.45) is -1.67. The molecule has 2 atom stereocenters. The molecular weight excluding hydrogens is 229 g/mol. The molecule has 1 fully saturated rings. The number of ether oxygens (including phenoxy) is 1. The minimum Gasteiger partial charge on any atom is -0.480 e. The first kappa shape index (κ1) is 13.7. The van der Waals surface area contributed by atoms with E-state index in [4.69, 9.17) is 9.84 Å². The molecule has 1 rings (SSSR count). The number of carbonyl (C=O) groups is 2. The van der Waals surface area contributed by atoms with Gasteiger partial charge in [-0.25, -0.2) is 14.0 Å². The first-order valence-electron chi connectivity index (χ1n) is 5.57. The Kier molecular flexibility index (Phi) is 3.95. The molecule has 1 N–H and O–H groups in total. The van der Waals surface area contributed by atoms with Gasteiger partial charge in [0.05, 0.1) is 6.54 Å². The number of hydrogen-bond donors (Lipinski definition) is 1. The lowest BCUT2D eigenvalue weighted by Crippen LogP contribution is -2.52. The van der Waals surface area contributed by atoms with Crippen molar-refractivity contribution in [1.29, 1.82) is 0 Å². The van der Waals surface area contributed by atoms with Crippen LogP contribution in [0.25, 0.3) is 0 Å². The Balaban J connectivity index is 2.75. The number of piperidine rings is 1. The van der Waals surface area contributed by atoms with Crippen molar-refractivity contribution in [2.75, 3.05) is 6.54 Å². The normalized spacial score (nSPS) is 25.5. The van der Waals surface area contributed by atoms with Crippen LogP contribution in [0, 0.1) is 0 Å². The highest BCUT2D eigenvalue weighted by atomic mass is 19.1. The number of aliphatic carboxylic acids is 1.